The Labute approximate surface area is 136 Å². The summed E-state index contributed by atoms with van der Waals surface area (Å²) < 4.78 is 5.33. The number of nitrogens with one attached hydrogen (secondary N) is 2. The van der Waals surface area contributed by atoms with Gasteiger partial charge in [-0.05, 0) is 37.9 Å². The summed E-state index contributed by atoms with van der Waals surface area (Å²) in [4.78, 5) is 26.6. The molecule has 2 N–H and O–H groups in total. The van der Waals surface area contributed by atoms with Crippen LogP contribution in [0.4, 0.5) is 5.69 Å². The third kappa shape index (κ3) is 3.32. The van der Waals surface area contributed by atoms with Crippen molar-refractivity contribution in [3.05, 3.63) is 24.3 Å². The molecule has 2 saturated heterocycles. The van der Waals surface area contributed by atoms with E-state index in [9.17, 15) is 9.59 Å². The smallest absolute Gasteiger partial charge is 0.249 e. The maximum atomic E-state index is 12.6. The average Bonchev–Trinajstić information content (AvgIpc) is 2.96. The van der Waals surface area contributed by atoms with Gasteiger partial charge in [0.05, 0.1) is 18.8 Å². The Kier molecular flexibility index (Phi) is 4.81. The fourth-order valence-corrected chi connectivity index (χ4v) is 3.25. The van der Waals surface area contributed by atoms with E-state index in [0.29, 0.717) is 18.7 Å². The van der Waals surface area contributed by atoms with Gasteiger partial charge in [0.25, 0.3) is 0 Å². The van der Waals surface area contributed by atoms with Crippen LogP contribution in [-0.4, -0.2) is 44.1 Å². The van der Waals surface area contributed by atoms with E-state index in [4.69, 9.17) is 4.74 Å². The zero-order chi connectivity index (χ0) is 16.2. The highest BCUT2D eigenvalue weighted by atomic mass is 16.5. The summed E-state index contributed by atoms with van der Waals surface area (Å²) in [5.74, 6) is 0.533. The molecule has 2 atom stereocenters. The van der Waals surface area contributed by atoms with E-state index in [1.54, 1.807) is 12.0 Å². The summed E-state index contributed by atoms with van der Waals surface area (Å²) in [5.41, 5.74) is 0.757. The molecule has 2 unspecified atom stereocenters. The van der Waals surface area contributed by atoms with E-state index in [1.807, 2.05) is 24.3 Å². The topological polar surface area (TPSA) is 70.7 Å². The second-order valence-corrected chi connectivity index (χ2v) is 6.01. The van der Waals surface area contributed by atoms with Crippen molar-refractivity contribution in [2.75, 3.05) is 25.1 Å². The SMILES string of the molecule is COc1ccccc1N1CCC(NC(=O)C2CCCCN2)C1=O. The summed E-state index contributed by atoms with van der Waals surface area (Å²) in [7, 11) is 1.59. The molecule has 6 nitrogen and oxygen atoms in total. The van der Waals surface area contributed by atoms with Crippen molar-refractivity contribution in [3.8, 4) is 5.75 Å². The number of para-hydroxylation sites is 2. The second-order valence-electron chi connectivity index (χ2n) is 6.01. The van der Waals surface area contributed by atoms with Gasteiger partial charge in [0, 0.05) is 6.54 Å². The van der Waals surface area contributed by atoms with Gasteiger partial charge in [-0.3, -0.25) is 9.59 Å². The first-order chi connectivity index (χ1) is 11.2. The molecule has 2 amide bonds. The predicted molar refractivity (Wildman–Crippen MR) is 87.5 cm³/mol. The number of nitrogens with zero attached hydrogens (tertiary/aromatic N) is 1. The number of rotatable bonds is 4. The maximum Gasteiger partial charge on any atom is 0.249 e. The van der Waals surface area contributed by atoms with E-state index in [-0.39, 0.29) is 17.9 Å². The first-order valence-electron chi connectivity index (χ1n) is 8.19. The summed E-state index contributed by atoms with van der Waals surface area (Å²) in [6.07, 6.45) is 3.61. The Morgan fingerprint density at radius 2 is 2.13 bits per heavy atom. The quantitative estimate of drug-likeness (QED) is 0.871. The van der Waals surface area contributed by atoms with Crippen LogP contribution in [0.3, 0.4) is 0 Å². The van der Waals surface area contributed by atoms with Crippen LogP contribution in [0.1, 0.15) is 25.7 Å². The number of methoxy groups -OCH3 is 1. The lowest BCUT2D eigenvalue weighted by molar-refractivity contribution is -0.128. The number of amides is 2. The van der Waals surface area contributed by atoms with Gasteiger partial charge in [-0.15, -0.1) is 0 Å². The lowest BCUT2D eigenvalue weighted by Crippen LogP contribution is -2.51. The van der Waals surface area contributed by atoms with Crippen LogP contribution < -0.4 is 20.3 Å². The van der Waals surface area contributed by atoms with Gasteiger partial charge in [0.1, 0.15) is 11.8 Å². The largest absolute Gasteiger partial charge is 0.495 e. The lowest BCUT2D eigenvalue weighted by Gasteiger charge is -2.24. The van der Waals surface area contributed by atoms with Crippen LogP contribution in [0.5, 0.6) is 5.75 Å². The summed E-state index contributed by atoms with van der Waals surface area (Å²) in [6.45, 7) is 1.45. The highest BCUT2D eigenvalue weighted by Gasteiger charge is 2.36. The van der Waals surface area contributed by atoms with E-state index in [0.717, 1.165) is 31.5 Å². The second kappa shape index (κ2) is 7.00. The van der Waals surface area contributed by atoms with Gasteiger partial charge < -0.3 is 20.3 Å². The number of benzene rings is 1. The zero-order valence-electron chi connectivity index (χ0n) is 13.4. The number of piperidine rings is 1. The minimum absolute atomic E-state index is 0.0649. The van der Waals surface area contributed by atoms with Crippen LogP contribution in [0.2, 0.25) is 0 Å². The van der Waals surface area contributed by atoms with E-state index < -0.39 is 6.04 Å². The fraction of sp³-hybridized carbons (Fsp3) is 0.529. The molecule has 124 valence electrons. The van der Waals surface area contributed by atoms with Crippen molar-refractivity contribution in [2.45, 2.75) is 37.8 Å². The minimum atomic E-state index is -0.448. The first-order valence-corrected chi connectivity index (χ1v) is 8.19. The van der Waals surface area contributed by atoms with E-state index in [1.165, 1.54) is 0 Å². The van der Waals surface area contributed by atoms with E-state index >= 15 is 0 Å². The molecule has 2 fully saturated rings. The molecule has 2 aliphatic heterocycles. The van der Waals surface area contributed by atoms with Gasteiger partial charge in [0.2, 0.25) is 11.8 Å². The lowest BCUT2D eigenvalue weighted by atomic mass is 10.0. The third-order valence-electron chi connectivity index (χ3n) is 4.52. The summed E-state index contributed by atoms with van der Waals surface area (Å²) >= 11 is 0. The van der Waals surface area contributed by atoms with Gasteiger partial charge in [-0.1, -0.05) is 18.6 Å². The standard InChI is InChI=1S/C17H23N3O3/c1-23-15-8-3-2-7-14(15)20-11-9-13(17(20)22)19-16(21)12-6-4-5-10-18-12/h2-3,7-8,12-13,18H,4-6,9-11H2,1H3,(H,19,21). The molecule has 0 bridgehead atoms. The van der Waals surface area contributed by atoms with Crippen LogP contribution in [0.25, 0.3) is 0 Å². The number of carbonyl (C=O) groups excluding carboxylic acids is 2. The Morgan fingerprint density at radius 3 is 2.87 bits per heavy atom. The van der Waals surface area contributed by atoms with Crippen LogP contribution in [0.15, 0.2) is 24.3 Å². The summed E-state index contributed by atoms with van der Waals surface area (Å²) in [5, 5.41) is 6.11. The number of ether oxygens (including phenoxy) is 1. The van der Waals surface area contributed by atoms with Gasteiger partial charge in [-0.2, -0.15) is 0 Å². The van der Waals surface area contributed by atoms with Gasteiger partial charge >= 0.3 is 0 Å². The fourth-order valence-electron chi connectivity index (χ4n) is 3.25. The monoisotopic (exact) mass is 317 g/mol. The number of carbonyl (C=O) groups is 2. The Bertz CT molecular complexity index is 584. The molecule has 0 saturated carbocycles. The first kappa shape index (κ1) is 15.8. The van der Waals surface area contributed by atoms with Crippen LogP contribution >= 0.6 is 0 Å². The van der Waals surface area contributed by atoms with Crippen molar-refractivity contribution in [3.63, 3.8) is 0 Å². The van der Waals surface area contributed by atoms with Gasteiger partial charge in [0.15, 0.2) is 0 Å². The molecule has 2 heterocycles. The highest BCUT2D eigenvalue weighted by Crippen LogP contribution is 2.31. The summed E-state index contributed by atoms with van der Waals surface area (Å²) in [6, 6.07) is 6.83. The maximum absolute atomic E-state index is 12.6. The average molecular weight is 317 g/mol. The molecule has 1 aromatic rings. The Morgan fingerprint density at radius 1 is 1.30 bits per heavy atom. The molecular weight excluding hydrogens is 294 g/mol. The van der Waals surface area contributed by atoms with Crippen molar-refractivity contribution in [2.24, 2.45) is 0 Å². The number of anilines is 1. The van der Waals surface area contributed by atoms with Crippen molar-refractivity contribution >= 4 is 17.5 Å². The molecule has 0 radical (unpaired) electrons. The zero-order valence-corrected chi connectivity index (χ0v) is 13.4. The predicted octanol–water partition coefficient (Wildman–Crippen LogP) is 1.06. The molecule has 6 heteroatoms. The van der Waals surface area contributed by atoms with Crippen LogP contribution in [0, 0.1) is 0 Å². The minimum Gasteiger partial charge on any atom is -0.495 e. The number of hydrogen-bond donors (Lipinski definition) is 2. The normalized spacial score (nSPS) is 24.6. The molecule has 2 aliphatic rings. The van der Waals surface area contributed by atoms with Crippen molar-refractivity contribution in [1.82, 2.24) is 10.6 Å². The van der Waals surface area contributed by atoms with Gasteiger partial charge in [-0.25, -0.2) is 0 Å². The Balaban J connectivity index is 1.65. The third-order valence-corrected chi connectivity index (χ3v) is 4.52. The van der Waals surface area contributed by atoms with E-state index in [2.05, 4.69) is 10.6 Å². The van der Waals surface area contributed by atoms with Crippen molar-refractivity contribution in [1.29, 1.82) is 0 Å². The number of hydrogen-bond acceptors (Lipinski definition) is 4. The molecule has 0 aliphatic carbocycles. The molecule has 0 aromatic heterocycles. The molecule has 3 rings (SSSR count). The molecule has 1 aromatic carbocycles. The Hall–Kier alpha value is -2.08. The van der Waals surface area contributed by atoms with Crippen LogP contribution in [-0.2, 0) is 9.59 Å². The molecule has 23 heavy (non-hydrogen) atoms. The molecular formula is C17H23N3O3. The van der Waals surface area contributed by atoms with Crippen molar-refractivity contribution < 1.29 is 14.3 Å². The molecule has 0 spiro atoms. The highest BCUT2D eigenvalue weighted by molar-refractivity contribution is 6.02.